The number of nitrogens with zero attached hydrogens (tertiary/aromatic N) is 1. The maximum absolute atomic E-state index is 12.5. The van der Waals surface area contributed by atoms with E-state index in [4.69, 9.17) is 0 Å². The highest BCUT2D eigenvalue weighted by Crippen LogP contribution is 2.22. The number of amides is 1. The molecule has 1 heterocycles. The number of carbonyl (C=O) groups is 1. The lowest BCUT2D eigenvalue weighted by atomic mass is 9.99. The first-order valence-corrected chi connectivity index (χ1v) is 10.8. The molecule has 2 aromatic carbocycles. The van der Waals surface area contributed by atoms with Crippen LogP contribution in [0.3, 0.4) is 0 Å². The zero-order chi connectivity index (χ0) is 18.6. The first-order valence-electron chi connectivity index (χ1n) is 9.12. The van der Waals surface area contributed by atoms with Crippen LogP contribution in [0.15, 0.2) is 59.5 Å². The van der Waals surface area contributed by atoms with Crippen molar-refractivity contribution in [3.05, 3.63) is 54.6 Å². The van der Waals surface area contributed by atoms with Gasteiger partial charge in [0.05, 0.1) is 10.6 Å². The fraction of sp³-hybridized carbons (Fsp3) is 0.381. The van der Waals surface area contributed by atoms with E-state index in [1.54, 1.807) is 17.0 Å². The first kappa shape index (κ1) is 18.6. The van der Waals surface area contributed by atoms with Crippen LogP contribution in [0.4, 0.5) is 0 Å². The fourth-order valence-corrected chi connectivity index (χ4v) is 4.47. The van der Waals surface area contributed by atoms with Gasteiger partial charge in [0.1, 0.15) is 0 Å². The Morgan fingerprint density at radius 2 is 1.54 bits per heavy atom. The van der Waals surface area contributed by atoms with Gasteiger partial charge in [-0.3, -0.25) is 4.79 Å². The van der Waals surface area contributed by atoms with Crippen LogP contribution in [0.1, 0.15) is 26.2 Å². The van der Waals surface area contributed by atoms with Gasteiger partial charge in [0, 0.05) is 19.5 Å². The van der Waals surface area contributed by atoms with Crippen molar-refractivity contribution in [3.63, 3.8) is 0 Å². The van der Waals surface area contributed by atoms with Crippen LogP contribution < -0.4 is 0 Å². The molecule has 0 atom stereocenters. The maximum atomic E-state index is 12.5. The molecule has 0 spiro atoms. The van der Waals surface area contributed by atoms with Gasteiger partial charge in [-0.15, -0.1) is 0 Å². The molecule has 0 aromatic heterocycles. The summed E-state index contributed by atoms with van der Waals surface area (Å²) in [4.78, 5) is 14.4. The van der Waals surface area contributed by atoms with Crippen LogP contribution in [-0.2, 0) is 14.6 Å². The molecular weight excluding hydrogens is 346 g/mol. The average molecular weight is 372 g/mol. The molecule has 0 N–H and O–H groups in total. The van der Waals surface area contributed by atoms with Crippen molar-refractivity contribution in [1.29, 1.82) is 0 Å². The second-order valence-corrected chi connectivity index (χ2v) is 9.13. The third-order valence-electron chi connectivity index (χ3n) is 5.04. The van der Waals surface area contributed by atoms with Gasteiger partial charge >= 0.3 is 0 Å². The molecule has 4 nitrogen and oxygen atoms in total. The number of carbonyl (C=O) groups excluding carboxylic acids is 1. The molecule has 1 saturated heterocycles. The topological polar surface area (TPSA) is 54.5 Å². The van der Waals surface area contributed by atoms with Gasteiger partial charge < -0.3 is 4.90 Å². The molecule has 138 valence electrons. The molecular formula is C21H25NO3S. The lowest BCUT2D eigenvalue weighted by Crippen LogP contribution is -2.38. The van der Waals surface area contributed by atoms with E-state index in [-0.39, 0.29) is 23.0 Å². The van der Waals surface area contributed by atoms with Gasteiger partial charge in [-0.2, -0.15) is 0 Å². The van der Waals surface area contributed by atoms with E-state index >= 15 is 0 Å². The summed E-state index contributed by atoms with van der Waals surface area (Å²) in [5.74, 6) is 0.454. The number of rotatable bonds is 5. The Kier molecular flexibility index (Phi) is 5.77. The maximum Gasteiger partial charge on any atom is 0.223 e. The Labute approximate surface area is 155 Å². The zero-order valence-electron chi connectivity index (χ0n) is 15.1. The number of likely N-dealkylation sites (tertiary alicyclic amines) is 1. The molecule has 3 rings (SSSR count). The Morgan fingerprint density at radius 1 is 0.962 bits per heavy atom. The second kappa shape index (κ2) is 8.04. The fourth-order valence-electron chi connectivity index (χ4n) is 3.24. The van der Waals surface area contributed by atoms with Crippen molar-refractivity contribution in [1.82, 2.24) is 4.90 Å². The second-order valence-electron chi connectivity index (χ2n) is 7.02. The van der Waals surface area contributed by atoms with Crippen molar-refractivity contribution in [2.45, 2.75) is 31.1 Å². The van der Waals surface area contributed by atoms with Gasteiger partial charge in [-0.1, -0.05) is 49.4 Å². The summed E-state index contributed by atoms with van der Waals surface area (Å²) in [7, 11) is -3.45. The largest absolute Gasteiger partial charge is 0.343 e. The van der Waals surface area contributed by atoms with Gasteiger partial charge in [0.15, 0.2) is 9.84 Å². The number of benzene rings is 2. The summed E-state index contributed by atoms with van der Waals surface area (Å²) in [5.41, 5.74) is 2.02. The lowest BCUT2D eigenvalue weighted by molar-refractivity contribution is -0.132. The molecule has 0 radical (unpaired) electrons. The number of sulfone groups is 1. The van der Waals surface area contributed by atoms with Crippen molar-refractivity contribution in [3.8, 4) is 11.1 Å². The predicted octanol–water partition coefficient (Wildman–Crippen LogP) is 3.78. The number of hydrogen-bond donors (Lipinski definition) is 0. The van der Waals surface area contributed by atoms with Crippen molar-refractivity contribution in [2.75, 3.05) is 18.8 Å². The van der Waals surface area contributed by atoms with Crippen LogP contribution in [0, 0.1) is 5.92 Å². The SMILES string of the molecule is CC1CCN(C(=O)CCS(=O)(=O)c2ccc(-c3ccccc3)cc2)CC1. The van der Waals surface area contributed by atoms with Crippen molar-refractivity contribution >= 4 is 15.7 Å². The Morgan fingerprint density at radius 3 is 2.15 bits per heavy atom. The highest BCUT2D eigenvalue weighted by atomic mass is 32.2. The highest BCUT2D eigenvalue weighted by molar-refractivity contribution is 7.91. The third-order valence-corrected chi connectivity index (χ3v) is 6.77. The predicted molar refractivity (Wildman–Crippen MR) is 104 cm³/mol. The van der Waals surface area contributed by atoms with E-state index in [0.717, 1.165) is 37.1 Å². The van der Waals surface area contributed by atoms with E-state index in [9.17, 15) is 13.2 Å². The van der Waals surface area contributed by atoms with Crippen LogP contribution in [0.25, 0.3) is 11.1 Å². The molecule has 0 bridgehead atoms. The van der Waals surface area contributed by atoms with Gasteiger partial charge in [0.25, 0.3) is 0 Å². The summed E-state index contributed by atoms with van der Waals surface area (Å²) in [6, 6.07) is 16.7. The molecule has 1 fully saturated rings. The van der Waals surface area contributed by atoms with E-state index in [0.29, 0.717) is 5.92 Å². The molecule has 1 aliphatic rings. The number of hydrogen-bond acceptors (Lipinski definition) is 3. The molecule has 0 unspecified atom stereocenters. The van der Waals surface area contributed by atoms with Crippen LogP contribution in [-0.4, -0.2) is 38.1 Å². The Bertz CT molecular complexity index is 837. The van der Waals surface area contributed by atoms with Crippen LogP contribution >= 0.6 is 0 Å². The normalized spacial score (nSPS) is 15.8. The average Bonchev–Trinajstić information content (AvgIpc) is 2.67. The van der Waals surface area contributed by atoms with E-state index < -0.39 is 9.84 Å². The van der Waals surface area contributed by atoms with E-state index in [1.807, 2.05) is 42.5 Å². The minimum atomic E-state index is -3.45. The molecule has 1 aliphatic heterocycles. The molecule has 5 heteroatoms. The van der Waals surface area contributed by atoms with Crippen LogP contribution in [0.2, 0.25) is 0 Å². The monoisotopic (exact) mass is 371 g/mol. The van der Waals surface area contributed by atoms with Gasteiger partial charge in [-0.25, -0.2) is 8.42 Å². The summed E-state index contributed by atoms with van der Waals surface area (Å²) in [6.45, 7) is 3.67. The van der Waals surface area contributed by atoms with Crippen molar-refractivity contribution < 1.29 is 13.2 Å². The van der Waals surface area contributed by atoms with E-state index in [2.05, 4.69) is 6.92 Å². The highest BCUT2D eigenvalue weighted by Gasteiger charge is 2.23. The Balaban J connectivity index is 1.62. The Hall–Kier alpha value is -2.14. The summed E-state index contributed by atoms with van der Waals surface area (Å²) in [5, 5.41) is 0. The summed E-state index contributed by atoms with van der Waals surface area (Å²) in [6.07, 6.45) is 2.05. The number of piperidine rings is 1. The quantitative estimate of drug-likeness (QED) is 0.804. The smallest absolute Gasteiger partial charge is 0.223 e. The van der Waals surface area contributed by atoms with Gasteiger partial charge in [-0.05, 0) is 42.0 Å². The minimum Gasteiger partial charge on any atom is -0.343 e. The standard InChI is InChI=1S/C21H25NO3S/c1-17-11-14-22(15-12-17)21(23)13-16-26(24,25)20-9-7-19(8-10-20)18-5-3-2-4-6-18/h2-10,17H,11-16H2,1H3. The van der Waals surface area contributed by atoms with Gasteiger partial charge in [0.2, 0.25) is 5.91 Å². The van der Waals surface area contributed by atoms with Crippen LogP contribution in [0.5, 0.6) is 0 Å². The molecule has 0 saturated carbocycles. The zero-order valence-corrected chi connectivity index (χ0v) is 15.9. The summed E-state index contributed by atoms with van der Waals surface area (Å²) < 4.78 is 25.1. The lowest BCUT2D eigenvalue weighted by Gasteiger charge is -2.30. The van der Waals surface area contributed by atoms with Crippen molar-refractivity contribution in [2.24, 2.45) is 5.92 Å². The molecule has 0 aliphatic carbocycles. The van der Waals surface area contributed by atoms with E-state index in [1.165, 1.54) is 0 Å². The molecule has 2 aromatic rings. The third kappa shape index (κ3) is 4.52. The first-order chi connectivity index (χ1) is 12.5. The molecule has 26 heavy (non-hydrogen) atoms. The minimum absolute atomic E-state index is 0.0527. The molecule has 1 amide bonds. The summed E-state index contributed by atoms with van der Waals surface area (Å²) >= 11 is 0.